The van der Waals surface area contributed by atoms with Crippen molar-refractivity contribution in [2.75, 3.05) is 18.5 Å². The molecule has 2 heterocycles. The molecule has 7 nitrogen and oxygen atoms in total. The molecule has 0 bridgehead atoms. The predicted molar refractivity (Wildman–Crippen MR) is 78.3 cm³/mol. The van der Waals surface area contributed by atoms with Crippen molar-refractivity contribution in [2.24, 2.45) is 0 Å². The lowest BCUT2D eigenvalue weighted by Gasteiger charge is -2.05. The molecule has 0 aliphatic carbocycles. The smallest absolute Gasteiger partial charge is 0.411 e. The minimum Gasteiger partial charge on any atom is -0.460 e. The van der Waals surface area contributed by atoms with Crippen LogP contribution >= 0.6 is 15.9 Å². The largest absolute Gasteiger partial charge is 0.460 e. The Bertz CT molecular complexity index is 682. The van der Waals surface area contributed by atoms with Crippen LogP contribution in [0, 0.1) is 0 Å². The number of ether oxygens (including phenoxy) is 2. The van der Waals surface area contributed by atoms with Gasteiger partial charge in [-0.25, -0.2) is 14.6 Å². The molecule has 0 unspecified atom stereocenters. The number of pyridine rings is 1. The van der Waals surface area contributed by atoms with Crippen molar-refractivity contribution in [3.05, 3.63) is 22.6 Å². The summed E-state index contributed by atoms with van der Waals surface area (Å²) in [7, 11) is 0. The summed E-state index contributed by atoms with van der Waals surface area (Å²) in [5.41, 5.74) is 0.554. The second-order valence-corrected chi connectivity index (χ2v) is 4.69. The van der Waals surface area contributed by atoms with E-state index in [1.54, 1.807) is 19.9 Å². The van der Waals surface area contributed by atoms with Crippen LogP contribution in [0.3, 0.4) is 0 Å². The number of anilines is 1. The Kier molecular flexibility index (Phi) is 4.79. The number of amides is 1. The highest BCUT2D eigenvalue weighted by Crippen LogP contribution is 2.32. The molecule has 0 saturated carbocycles. The van der Waals surface area contributed by atoms with Crippen LogP contribution in [-0.2, 0) is 9.47 Å². The van der Waals surface area contributed by atoms with Gasteiger partial charge in [0.05, 0.1) is 19.4 Å². The van der Waals surface area contributed by atoms with Crippen LogP contribution in [0.1, 0.15) is 24.4 Å². The summed E-state index contributed by atoms with van der Waals surface area (Å²) in [5, 5.41) is 3.02. The average Bonchev–Trinajstić information content (AvgIpc) is 2.78. The number of carbonyl (C=O) groups excluding carboxylic acids is 2. The van der Waals surface area contributed by atoms with Crippen molar-refractivity contribution in [3.63, 3.8) is 0 Å². The van der Waals surface area contributed by atoms with E-state index in [4.69, 9.17) is 13.9 Å². The summed E-state index contributed by atoms with van der Waals surface area (Å²) < 4.78 is 15.7. The summed E-state index contributed by atoms with van der Waals surface area (Å²) >= 11 is 3.23. The molecule has 112 valence electrons. The van der Waals surface area contributed by atoms with Gasteiger partial charge in [0.25, 0.3) is 0 Å². The van der Waals surface area contributed by atoms with Gasteiger partial charge in [0.1, 0.15) is 10.3 Å². The predicted octanol–water partition coefficient (Wildman–Crippen LogP) is 3.34. The van der Waals surface area contributed by atoms with E-state index in [0.29, 0.717) is 15.6 Å². The summed E-state index contributed by atoms with van der Waals surface area (Å²) in [5.74, 6) is -0.767. The molecule has 8 heteroatoms. The molecule has 0 aromatic carbocycles. The normalized spacial score (nSPS) is 10.4. The zero-order chi connectivity index (χ0) is 15.4. The number of hydrogen-bond acceptors (Lipinski definition) is 6. The average molecular weight is 357 g/mol. The number of carbonyl (C=O) groups is 2. The fraction of sp³-hybridized carbons (Fsp3) is 0.308. The van der Waals surface area contributed by atoms with Gasteiger partial charge in [-0.2, -0.15) is 0 Å². The lowest BCUT2D eigenvalue weighted by Crippen LogP contribution is -2.15. The zero-order valence-corrected chi connectivity index (χ0v) is 13.0. The lowest BCUT2D eigenvalue weighted by molar-refractivity contribution is 0.0494. The fourth-order valence-corrected chi connectivity index (χ4v) is 2.04. The first-order valence-corrected chi connectivity index (χ1v) is 7.05. The zero-order valence-electron chi connectivity index (χ0n) is 11.4. The molecule has 0 spiro atoms. The molecule has 21 heavy (non-hydrogen) atoms. The first-order chi connectivity index (χ1) is 10.1. The molecular weight excluding hydrogens is 344 g/mol. The van der Waals surface area contributed by atoms with Gasteiger partial charge in [0.2, 0.25) is 5.76 Å². The Balaban J connectivity index is 2.50. The minimum atomic E-state index is -0.682. The molecule has 0 radical (unpaired) electrons. The van der Waals surface area contributed by atoms with Gasteiger partial charge in [0, 0.05) is 5.39 Å². The number of nitrogens with one attached hydrogen (secondary N) is 1. The van der Waals surface area contributed by atoms with Crippen molar-refractivity contribution in [2.45, 2.75) is 13.8 Å². The van der Waals surface area contributed by atoms with E-state index in [0.717, 1.165) is 0 Å². The maximum absolute atomic E-state index is 11.9. The highest BCUT2D eigenvalue weighted by atomic mass is 79.9. The van der Waals surface area contributed by atoms with E-state index in [1.807, 2.05) is 0 Å². The van der Waals surface area contributed by atoms with Crippen molar-refractivity contribution in [3.8, 4) is 0 Å². The van der Waals surface area contributed by atoms with E-state index < -0.39 is 12.1 Å². The maximum Gasteiger partial charge on any atom is 0.411 e. The van der Waals surface area contributed by atoms with Crippen LogP contribution in [0.25, 0.3) is 11.0 Å². The Labute approximate surface area is 128 Å². The summed E-state index contributed by atoms with van der Waals surface area (Å²) in [6.07, 6.45) is 0.761. The highest BCUT2D eigenvalue weighted by molar-refractivity contribution is 9.10. The van der Waals surface area contributed by atoms with E-state index >= 15 is 0 Å². The van der Waals surface area contributed by atoms with Crippen LogP contribution in [0.15, 0.2) is 21.3 Å². The third kappa shape index (κ3) is 3.33. The molecule has 1 amide bonds. The van der Waals surface area contributed by atoms with Gasteiger partial charge in [-0.05, 0) is 35.8 Å². The van der Waals surface area contributed by atoms with Crippen LogP contribution in [0.5, 0.6) is 0 Å². The molecule has 0 fully saturated rings. The van der Waals surface area contributed by atoms with Gasteiger partial charge in [-0.3, -0.25) is 5.32 Å². The fourth-order valence-electron chi connectivity index (χ4n) is 1.71. The lowest BCUT2D eigenvalue weighted by atomic mass is 10.2. The second-order valence-electron chi connectivity index (χ2n) is 3.88. The second kappa shape index (κ2) is 6.57. The summed E-state index contributed by atoms with van der Waals surface area (Å²) in [6, 6.07) is 1.63. The Morgan fingerprint density at radius 2 is 2.05 bits per heavy atom. The molecule has 0 saturated heterocycles. The third-order valence-corrected chi connectivity index (χ3v) is 2.94. The molecule has 1 N–H and O–H groups in total. The first-order valence-electron chi connectivity index (χ1n) is 6.25. The number of esters is 1. The number of fused-ring (bicyclic) bond motifs is 1. The van der Waals surface area contributed by atoms with Gasteiger partial charge < -0.3 is 13.9 Å². The van der Waals surface area contributed by atoms with E-state index in [9.17, 15) is 9.59 Å². The quantitative estimate of drug-likeness (QED) is 0.667. The summed E-state index contributed by atoms with van der Waals surface area (Å²) in [4.78, 5) is 27.5. The number of rotatable bonds is 4. The SMILES string of the molecule is CCOC(=O)Nc1c(C(=O)OCC)oc2cnc(Br)cc12. The van der Waals surface area contributed by atoms with Gasteiger partial charge in [-0.1, -0.05) is 0 Å². The molecule has 0 atom stereocenters. The van der Waals surface area contributed by atoms with Crippen molar-refractivity contribution < 1.29 is 23.5 Å². The van der Waals surface area contributed by atoms with Crippen molar-refractivity contribution in [1.82, 2.24) is 4.98 Å². The van der Waals surface area contributed by atoms with Gasteiger partial charge in [0.15, 0.2) is 5.58 Å². The third-order valence-electron chi connectivity index (χ3n) is 2.51. The minimum absolute atomic E-state index is 0.0974. The van der Waals surface area contributed by atoms with Crippen molar-refractivity contribution in [1.29, 1.82) is 0 Å². The molecule has 2 aromatic rings. The van der Waals surface area contributed by atoms with Gasteiger partial charge >= 0.3 is 12.1 Å². The maximum atomic E-state index is 11.9. The number of hydrogen-bond donors (Lipinski definition) is 1. The molecular formula is C13H13BrN2O5. The number of furan rings is 1. The van der Waals surface area contributed by atoms with Crippen LogP contribution in [0.4, 0.5) is 10.5 Å². The number of halogens is 1. The first kappa shape index (κ1) is 15.3. The van der Waals surface area contributed by atoms with Crippen LogP contribution in [-0.4, -0.2) is 30.3 Å². The Hall–Kier alpha value is -2.09. The molecule has 2 aromatic heterocycles. The highest BCUT2D eigenvalue weighted by Gasteiger charge is 2.24. The molecule has 2 rings (SSSR count). The standard InChI is InChI=1S/C13H13BrN2O5/c1-3-19-12(17)11-10(16-13(18)20-4-2)7-5-9(14)15-6-8(7)21-11/h5-6H,3-4H2,1-2H3,(H,16,18). The van der Waals surface area contributed by atoms with Crippen LogP contribution < -0.4 is 5.32 Å². The monoisotopic (exact) mass is 356 g/mol. The van der Waals surface area contributed by atoms with Gasteiger partial charge in [-0.15, -0.1) is 0 Å². The van der Waals surface area contributed by atoms with E-state index in [2.05, 4.69) is 26.2 Å². The van der Waals surface area contributed by atoms with E-state index in [-0.39, 0.29) is 24.7 Å². The van der Waals surface area contributed by atoms with Crippen molar-refractivity contribution >= 4 is 44.6 Å². The Morgan fingerprint density at radius 1 is 1.33 bits per heavy atom. The number of aromatic nitrogens is 1. The van der Waals surface area contributed by atoms with E-state index in [1.165, 1.54) is 6.20 Å². The molecule has 0 aliphatic rings. The molecule has 0 aliphatic heterocycles. The van der Waals surface area contributed by atoms with Crippen LogP contribution in [0.2, 0.25) is 0 Å². The summed E-state index contributed by atoms with van der Waals surface area (Å²) in [6.45, 7) is 3.76. The number of nitrogens with zero attached hydrogens (tertiary/aromatic N) is 1. The topological polar surface area (TPSA) is 90.7 Å². The Morgan fingerprint density at radius 3 is 2.71 bits per heavy atom.